The Morgan fingerprint density at radius 1 is 1.09 bits per heavy atom. The van der Waals surface area contributed by atoms with Gasteiger partial charge in [0, 0.05) is 28.0 Å². The van der Waals surface area contributed by atoms with Gasteiger partial charge < -0.3 is 9.73 Å². The zero-order valence-electron chi connectivity index (χ0n) is 13.2. The summed E-state index contributed by atoms with van der Waals surface area (Å²) in [5, 5.41) is 3.87. The molecule has 1 aromatic carbocycles. The highest BCUT2D eigenvalue weighted by atomic mass is 16.3. The number of nitrogens with one attached hydrogen (secondary N) is 1. The highest BCUT2D eigenvalue weighted by molar-refractivity contribution is 6.06. The van der Waals surface area contributed by atoms with Crippen LogP contribution in [0.15, 0.2) is 34.7 Å². The molecular weight excluding hydrogens is 276 g/mol. The summed E-state index contributed by atoms with van der Waals surface area (Å²) in [6, 6.07) is 9.60. The van der Waals surface area contributed by atoms with Crippen LogP contribution in [0.25, 0.3) is 11.0 Å². The van der Waals surface area contributed by atoms with Crippen LogP contribution in [0.1, 0.15) is 33.1 Å². The lowest BCUT2D eigenvalue weighted by atomic mass is 10.1. The van der Waals surface area contributed by atoms with E-state index in [2.05, 4.69) is 10.3 Å². The average molecular weight is 294 g/mol. The van der Waals surface area contributed by atoms with Crippen molar-refractivity contribution in [1.82, 2.24) is 4.98 Å². The summed E-state index contributed by atoms with van der Waals surface area (Å²) in [4.78, 5) is 16.8. The fourth-order valence-electron chi connectivity index (χ4n) is 2.70. The number of anilines is 1. The second kappa shape index (κ2) is 5.30. The number of furan rings is 1. The molecular formula is C18H18N2O2. The van der Waals surface area contributed by atoms with Gasteiger partial charge in [0.1, 0.15) is 5.58 Å². The van der Waals surface area contributed by atoms with E-state index in [4.69, 9.17) is 4.42 Å². The van der Waals surface area contributed by atoms with Gasteiger partial charge in [-0.1, -0.05) is 18.2 Å². The van der Waals surface area contributed by atoms with Crippen molar-refractivity contribution in [3.05, 3.63) is 58.6 Å². The number of nitrogens with zero attached hydrogens (tertiary/aromatic N) is 1. The van der Waals surface area contributed by atoms with Crippen molar-refractivity contribution < 1.29 is 9.21 Å². The molecule has 1 N–H and O–H groups in total. The van der Waals surface area contributed by atoms with Gasteiger partial charge in [-0.15, -0.1) is 0 Å². The number of aromatic nitrogens is 1. The highest BCUT2D eigenvalue weighted by Crippen LogP contribution is 2.28. The Morgan fingerprint density at radius 3 is 2.41 bits per heavy atom. The summed E-state index contributed by atoms with van der Waals surface area (Å²) in [6.45, 7) is 7.68. The molecule has 0 radical (unpaired) electrons. The van der Waals surface area contributed by atoms with Crippen molar-refractivity contribution in [3.63, 3.8) is 0 Å². The maximum absolute atomic E-state index is 12.5. The van der Waals surface area contributed by atoms with Crippen molar-refractivity contribution in [1.29, 1.82) is 0 Å². The molecule has 3 aromatic rings. The molecule has 2 heterocycles. The number of pyridine rings is 1. The number of benzene rings is 1. The Bertz CT molecular complexity index is 858. The Labute approximate surface area is 129 Å². The van der Waals surface area contributed by atoms with E-state index in [0.717, 1.165) is 39.2 Å². The number of aryl methyl sites for hydroxylation is 4. The second-order valence-electron chi connectivity index (χ2n) is 5.60. The van der Waals surface area contributed by atoms with E-state index in [1.165, 1.54) is 0 Å². The summed E-state index contributed by atoms with van der Waals surface area (Å²) >= 11 is 0. The van der Waals surface area contributed by atoms with E-state index < -0.39 is 0 Å². The first kappa shape index (κ1) is 14.3. The largest absolute Gasteiger partial charge is 0.450 e. The molecule has 0 unspecified atom stereocenters. The smallest absolute Gasteiger partial charge is 0.291 e. The average Bonchev–Trinajstić information content (AvgIpc) is 2.77. The predicted octanol–water partition coefficient (Wildman–Crippen LogP) is 4.31. The Balaban J connectivity index is 1.99. The van der Waals surface area contributed by atoms with Crippen LogP contribution >= 0.6 is 0 Å². The zero-order valence-corrected chi connectivity index (χ0v) is 13.2. The molecule has 4 nitrogen and oxygen atoms in total. The van der Waals surface area contributed by atoms with Gasteiger partial charge in [-0.2, -0.15) is 0 Å². The van der Waals surface area contributed by atoms with Gasteiger partial charge in [0.05, 0.1) is 0 Å². The molecule has 22 heavy (non-hydrogen) atoms. The quantitative estimate of drug-likeness (QED) is 0.766. The maximum Gasteiger partial charge on any atom is 0.291 e. The summed E-state index contributed by atoms with van der Waals surface area (Å²) < 4.78 is 5.80. The number of hydrogen-bond acceptors (Lipinski definition) is 3. The molecule has 0 saturated heterocycles. The maximum atomic E-state index is 12.5. The van der Waals surface area contributed by atoms with Crippen LogP contribution in [0.5, 0.6) is 0 Å². The molecule has 4 heteroatoms. The lowest BCUT2D eigenvalue weighted by Crippen LogP contribution is -2.12. The number of rotatable bonds is 2. The third kappa shape index (κ3) is 2.48. The van der Waals surface area contributed by atoms with Crippen molar-refractivity contribution in [2.24, 2.45) is 0 Å². The van der Waals surface area contributed by atoms with E-state index in [-0.39, 0.29) is 5.91 Å². The third-order valence-electron chi connectivity index (χ3n) is 3.71. The highest BCUT2D eigenvalue weighted by Gasteiger charge is 2.18. The van der Waals surface area contributed by atoms with Crippen molar-refractivity contribution in [2.45, 2.75) is 27.7 Å². The van der Waals surface area contributed by atoms with Gasteiger partial charge >= 0.3 is 0 Å². The van der Waals surface area contributed by atoms with Crippen molar-refractivity contribution >= 4 is 22.6 Å². The Morgan fingerprint density at radius 2 is 1.77 bits per heavy atom. The van der Waals surface area contributed by atoms with Crippen LogP contribution in [-0.4, -0.2) is 10.9 Å². The van der Waals surface area contributed by atoms with Crippen LogP contribution in [0.4, 0.5) is 5.69 Å². The molecule has 1 amide bonds. The monoisotopic (exact) mass is 294 g/mol. The summed E-state index contributed by atoms with van der Waals surface area (Å²) in [5.74, 6) is 0.120. The van der Waals surface area contributed by atoms with Crippen LogP contribution in [0.2, 0.25) is 0 Å². The first-order chi connectivity index (χ1) is 10.5. The molecule has 0 spiro atoms. The molecule has 3 rings (SSSR count). The molecule has 0 aliphatic rings. The third-order valence-corrected chi connectivity index (χ3v) is 3.71. The van der Waals surface area contributed by atoms with E-state index in [0.29, 0.717) is 5.76 Å². The number of para-hydroxylation sites is 1. The molecule has 0 aliphatic heterocycles. The van der Waals surface area contributed by atoms with Gasteiger partial charge in [0.25, 0.3) is 5.91 Å². The fraction of sp³-hybridized carbons (Fsp3) is 0.222. The topological polar surface area (TPSA) is 55.1 Å². The number of amides is 1. The SMILES string of the molecule is Cc1cc(NC(=O)c2oc3c(C)cccc3c2C)cc(C)n1. The number of hydrogen-bond donors (Lipinski definition) is 1. The number of fused-ring (bicyclic) bond motifs is 1. The molecule has 0 atom stereocenters. The minimum absolute atomic E-state index is 0.238. The predicted molar refractivity (Wildman–Crippen MR) is 87.4 cm³/mol. The first-order valence-corrected chi connectivity index (χ1v) is 7.21. The normalized spacial score (nSPS) is 10.9. The van der Waals surface area contributed by atoms with Crippen LogP contribution < -0.4 is 5.32 Å². The minimum atomic E-state index is -0.238. The Hall–Kier alpha value is -2.62. The van der Waals surface area contributed by atoms with Gasteiger partial charge in [-0.25, -0.2) is 0 Å². The molecule has 0 bridgehead atoms. The molecule has 112 valence electrons. The lowest BCUT2D eigenvalue weighted by molar-refractivity contribution is 0.0998. The Kier molecular flexibility index (Phi) is 3.45. The summed E-state index contributed by atoms with van der Waals surface area (Å²) in [7, 11) is 0. The van der Waals surface area contributed by atoms with Crippen molar-refractivity contribution in [2.75, 3.05) is 5.32 Å². The summed E-state index contributed by atoms with van der Waals surface area (Å²) in [6.07, 6.45) is 0. The zero-order chi connectivity index (χ0) is 15.9. The van der Waals surface area contributed by atoms with Gasteiger partial charge in [-0.3, -0.25) is 9.78 Å². The van der Waals surface area contributed by atoms with Crippen LogP contribution in [0.3, 0.4) is 0 Å². The molecule has 2 aromatic heterocycles. The van der Waals surface area contributed by atoms with E-state index in [9.17, 15) is 4.79 Å². The van der Waals surface area contributed by atoms with Gasteiger partial charge in [0.2, 0.25) is 0 Å². The fourth-order valence-corrected chi connectivity index (χ4v) is 2.70. The molecule has 0 aliphatic carbocycles. The number of carbonyl (C=O) groups is 1. The first-order valence-electron chi connectivity index (χ1n) is 7.21. The molecule has 0 fully saturated rings. The minimum Gasteiger partial charge on any atom is -0.450 e. The second-order valence-corrected chi connectivity index (χ2v) is 5.60. The number of carbonyl (C=O) groups excluding carboxylic acids is 1. The van der Waals surface area contributed by atoms with Crippen molar-refractivity contribution in [3.8, 4) is 0 Å². The van der Waals surface area contributed by atoms with E-state index in [1.54, 1.807) is 0 Å². The van der Waals surface area contributed by atoms with Crippen LogP contribution in [0, 0.1) is 27.7 Å². The van der Waals surface area contributed by atoms with Gasteiger partial charge in [-0.05, 0) is 45.4 Å². The van der Waals surface area contributed by atoms with E-state index >= 15 is 0 Å². The van der Waals surface area contributed by atoms with E-state index in [1.807, 2.05) is 58.0 Å². The molecule has 0 saturated carbocycles. The van der Waals surface area contributed by atoms with Crippen LogP contribution in [-0.2, 0) is 0 Å². The lowest BCUT2D eigenvalue weighted by Gasteiger charge is -2.06. The standard InChI is InChI=1S/C18H18N2O2/c1-10-6-5-7-15-13(4)17(22-16(10)15)18(21)20-14-8-11(2)19-12(3)9-14/h5-9H,1-4H3,(H,19,20,21). The van der Waals surface area contributed by atoms with Gasteiger partial charge in [0.15, 0.2) is 5.76 Å². The summed E-state index contributed by atoms with van der Waals surface area (Å²) in [5.41, 5.74) is 5.12.